The molecule has 0 unspecified atom stereocenters. The van der Waals surface area contributed by atoms with Crippen LogP contribution in [0.15, 0.2) is 0 Å². The first-order valence-corrected chi connectivity index (χ1v) is 9.19. The van der Waals surface area contributed by atoms with E-state index in [0.29, 0.717) is 26.4 Å². The van der Waals surface area contributed by atoms with E-state index in [4.69, 9.17) is 30.6 Å². The van der Waals surface area contributed by atoms with Crippen LogP contribution in [0.1, 0.15) is 102 Å². The maximum Gasteiger partial charge on any atom is 0.0693 e. The fourth-order valence-electron chi connectivity index (χ4n) is 0.365. The van der Waals surface area contributed by atoms with Gasteiger partial charge in [-0.05, 0) is 0 Å². The summed E-state index contributed by atoms with van der Waals surface area (Å²) in [6.45, 7) is 10.0. The van der Waals surface area contributed by atoms with Crippen molar-refractivity contribution in [1.29, 1.82) is 0 Å². The molecule has 0 aromatic heterocycles. The molecular weight excluding hydrogens is 1420 g/mol. The van der Waals surface area contributed by atoms with E-state index in [0.717, 1.165) is 0 Å². The van der Waals surface area contributed by atoms with Crippen LogP contribution in [0.25, 0.3) is 0 Å². The summed E-state index contributed by atoms with van der Waals surface area (Å²) in [6, 6.07) is 0. The third kappa shape index (κ3) is 575. The number of hydrogen-bond acceptors (Lipinski definition) is 10. The van der Waals surface area contributed by atoms with Gasteiger partial charge in [-0.25, -0.2) is 0 Å². The fraction of sp³-hybridized carbons (Fsp3) is 1.00. The summed E-state index contributed by atoms with van der Waals surface area (Å²) in [5.41, 5.74) is 0. The van der Waals surface area contributed by atoms with E-state index in [-0.39, 0.29) is 219 Å². The van der Waals surface area contributed by atoms with E-state index < -0.39 is 0 Å². The van der Waals surface area contributed by atoms with Gasteiger partial charge in [0.25, 0.3) is 0 Å². The molecule has 0 fully saturated rings. The second kappa shape index (κ2) is 301. The Kier molecular flexibility index (Phi) is 1130. The van der Waals surface area contributed by atoms with Gasteiger partial charge in [-0.3, -0.25) is 0 Å². The second-order valence-corrected chi connectivity index (χ2v) is 3.31. The molecule has 0 aliphatic heterocycles. The normalized spacial score (nSPS) is 4.88. The largest absolute Gasteiger partial charge is 0.394 e. The van der Waals surface area contributed by atoms with Gasteiger partial charge in [-0.15, -0.1) is 0 Å². The Morgan fingerprint density at radius 3 is 0.372 bits per heavy atom. The Balaban J connectivity index is -0.00000000574. The summed E-state index contributed by atoms with van der Waals surface area (Å²) in [7, 11) is 6.21. The van der Waals surface area contributed by atoms with Gasteiger partial charge < -0.3 is 49.6 Å². The number of hydrogen-bond donors (Lipinski definition) is 6. The Hall–Kier alpha value is 3.04. The zero-order chi connectivity index (χ0) is 23.9. The molecular formula is C28H90O10W5. The van der Waals surface area contributed by atoms with Crippen LogP contribution in [0.3, 0.4) is 0 Å². The van der Waals surface area contributed by atoms with Gasteiger partial charge in [0.15, 0.2) is 0 Å². The van der Waals surface area contributed by atoms with E-state index >= 15 is 0 Å². The first-order valence-electron chi connectivity index (χ1n) is 9.19. The van der Waals surface area contributed by atoms with Crippen LogP contribution >= 0.6 is 0 Å². The van der Waals surface area contributed by atoms with Crippen LogP contribution in [0.5, 0.6) is 0 Å². The summed E-state index contributed by atoms with van der Waals surface area (Å²) in [5.74, 6) is 0. The molecule has 0 aliphatic carbocycles. The number of aliphatic hydroxyl groups is 6. The maximum absolute atomic E-state index is 7.94. The third-order valence-corrected chi connectivity index (χ3v) is 1.28. The molecule has 0 aromatic rings. The van der Waals surface area contributed by atoms with Crippen LogP contribution in [0, 0.1) is 0 Å². The number of aliphatic hydroxyl groups excluding tert-OH is 6. The molecule has 0 saturated heterocycles. The minimum Gasteiger partial charge on any atom is -0.394 e. The van der Waals surface area contributed by atoms with E-state index in [2.05, 4.69) is 18.9 Å². The van der Waals surface area contributed by atoms with Crippen molar-refractivity contribution in [1.82, 2.24) is 0 Å². The molecule has 0 amide bonds. The van der Waals surface area contributed by atoms with Crippen molar-refractivity contribution in [3.63, 3.8) is 0 Å². The predicted octanol–water partition coefficient (Wildman–Crippen LogP) is 5.87. The van der Waals surface area contributed by atoms with Crippen molar-refractivity contribution < 1.29 is 155 Å². The van der Waals surface area contributed by atoms with Crippen LogP contribution in [0.2, 0.25) is 0 Å². The van der Waals surface area contributed by atoms with Gasteiger partial charge in [0.05, 0.1) is 66.1 Å². The van der Waals surface area contributed by atoms with Gasteiger partial charge in [-0.1, -0.05) is 102 Å². The Morgan fingerprint density at radius 1 is 0.279 bits per heavy atom. The van der Waals surface area contributed by atoms with Gasteiger partial charge in [-0.2, -0.15) is 0 Å². The molecule has 6 N–H and O–H groups in total. The molecule has 0 atom stereocenters. The summed E-state index contributed by atoms with van der Waals surface area (Å²) in [6.07, 6.45) is 0. The molecule has 292 valence electrons. The minimum atomic E-state index is -0.125. The van der Waals surface area contributed by atoms with E-state index in [1.807, 2.05) is 27.7 Å². The van der Waals surface area contributed by atoms with Gasteiger partial charge >= 0.3 is 0 Å². The predicted molar refractivity (Wildman–Crippen MR) is 180 cm³/mol. The molecule has 0 rings (SSSR count). The van der Waals surface area contributed by atoms with Crippen molar-refractivity contribution >= 4 is 0 Å². The Morgan fingerprint density at radius 2 is 0.372 bits per heavy atom. The molecule has 0 bridgehead atoms. The average Bonchev–Trinajstić information content (AvgIpc) is 2.75. The van der Waals surface area contributed by atoms with Crippen molar-refractivity contribution in [3.05, 3.63) is 0 Å². The second-order valence-electron chi connectivity index (χ2n) is 3.31. The van der Waals surface area contributed by atoms with Crippen LogP contribution in [-0.2, 0) is 124 Å². The van der Waals surface area contributed by atoms with Crippen LogP contribution in [0.4, 0.5) is 0 Å². The van der Waals surface area contributed by atoms with Crippen molar-refractivity contribution in [3.8, 4) is 0 Å². The van der Waals surface area contributed by atoms with Gasteiger partial charge in [0, 0.05) is 134 Å². The third-order valence-electron chi connectivity index (χ3n) is 1.28. The summed E-state index contributed by atoms with van der Waals surface area (Å²) >= 11 is 0. The Bertz CT molecular complexity index is 127. The minimum absolute atomic E-state index is 0. The van der Waals surface area contributed by atoms with Crippen molar-refractivity contribution in [2.75, 3.05) is 94.5 Å². The maximum atomic E-state index is 7.94. The zero-order valence-corrected chi connectivity index (χ0v) is 36.1. The van der Waals surface area contributed by atoms with Crippen molar-refractivity contribution in [2.24, 2.45) is 0 Å². The summed E-state index contributed by atoms with van der Waals surface area (Å²) < 4.78 is 17.8. The molecule has 0 radical (unpaired) electrons. The molecule has 10 nitrogen and oxygen atoms in total. The fourth-order valence-corrected chi connectivity index (χ4v) is 0.365. The standard InChI is InChI=1S/4C3H8O2.C2H6O2.2C2H6.10CH4.5W/c4*1-5-3-2-4;3-1-2-4;2*1-2;;;;;;;;;;;;;;;/h4*4H,2-3H2,1H3;3-4H,1-2H2;2*1-2H3;10*1H4;;;;;. The summed E-state index contributed by atoms with van der Waals surface area (Å²) in [4.78, 5) is 0. The number of rotatable bonds is 9. The summed E-state index contributed by atoms with van der Waals surface area (Å²) in [5, 5.41) is 47.0. The smallest absolute Gasteiger partial charge is 0.0693 e. The quantitative estimate of drug-likeness (QED) is 0.165. The first-order chi connectivity index (χ1) is 13.6. The van der Waals surface area contributed by atoms with Crippen LogP contribution in [-0.4, -0.2) is 125 Å². The molecule has 43 heavy (non-hydrogen) atoms. The zero-order valence-electron chi connectivity index (χ0n) is 21.4. The molecule has 15 heteroatoms. The average molecular weight is 1510 g/mol. The first kappa shape index (κ1) is 162. The van der Waals surface area contributed by atoms with Crippen molar-refractivity contribution in [2.45, 2.75) is 102 Å². The number of ether oxygens (including phenoxy) is 4. The number of methoxy groups -OCH3 is 4. The SMILES string of the molecule is C.C.C.C.C.C.C.C.C.C.CC.CC.COCCO.COCCO.COCCO.COCCO.OCCO.[W].[W].[W].[W].[W]. The van der Waals surface area contributed by atoms with E-state index in [1.165, 1.54) is 0 Å². The van der Waals surface area contributed by atoms with E-state index in [9.17, 15) is 0 Å². The molecule has 0 heterocycles. The molecule has 0 aromatic carbocycles. The van der Waals surface area contributed by atoms with E-state index in [1.54, 1.807) is 28.4 Å². The molecule has 0 aliphatic rings. The monoisotopic (exact) mass is 1510 g/mol. The van der Waals surface area contributed by atoms with Gasteiger partial charge in [0.2, 0.25) is 0 Å². The Labute approximate surface area is 348 Å². The molecule has 0 spiro atoms. The van der Waals surface area contributed by atoms with Crippen LogP contribution < -0.4 is 0 Å². The topological polar surface area (TPSA) is 158 Å². The molecule has 0 saturated carbocycles. The van der Waals surface area contributed by atoms with Gasteiger partial charge in [0.1, 0.15) is 0 Å².